The fourth-order valence-corrected chi connectivity index (χ4v) is 4.41. The number of aliphatic carboxylic acids is 1. The molecule has 1 fully saturated rings. The molecule has 3 rings (SSSR count). The molecule has 0 aliphatic carbocycles. The van der Waals surface area contributed by atoms with Crippen LogP contribution in [0.2, 0.25) is 0 Å². The van der Waals surface area contributed by atoms with E-state index in [0.717, 1.165) is 36.6 Å². The lowest BCUT2D eigenvalue weighted by molar-refractivity contribution is -0.192. The maximum absolute atomic E-state index is 12.7. The summed E-state index contributed by atoms with van der Waals surface area (Å²) in [7, 11) is 0. The van der Waals surface area contributed by atoms with E-state index in [9.17, 15) is 22.8 Å². The second kappa shape index (κ2) is 15.3. The minimum Gasteiger partial charge on any atom is -0.475 e. The van der Waals surface area contributed by atoms with E-state index >= 15 is 0 Å². The lowest BCUT2D eigenvalue weighted by Gasteiger charge is -2.25. The predicted molar refractivity (Wildman–Crippen MR) is 135 cm³/mol. The number of carboxylic acid groups (broad SMARTS) is 1. The van der Waals surface area contributed by atoms with Gasteiger partial charge >= 0.3 is 12.1 Å². The average molecular weight is 560 g/mol. The van der Waals surface area contributed by atoms with Gasteiger partial charge in [0.2, 0.25) is 16.9 Å². The lowest BCUT2D eigenvalue weighted by atomic mass is 10.0. The molecule has 1 aliphatic heterocycles. The van der Waals surface area contributed by atoms with Gasteiger partial charge in [0.15, 0.2) is 4.34 Å². The van der Waals surface area contributed by atoms with Crippen molar-refractivity contribution in [2.45, 2.75) is 54.7 Å². The summed E-state index contributed by atoms with van der Waals surface area (Å²) >= 11 is 2.81. The zero-order chi connectivity index (χ0) is 27.3. The molecule has 0 unspecified atom stereocenters. The number of carbonyl (C=O) groups is 3. The van der Waals surface area contributed by atoms with Crippen molar-refractivity contribution in [2.75, 3.05) is 18.1 Å². The Kier molecular flexibility index (Phi) is 12.5. The standard InChI is InChI=1S/C21H27N5O2S2.C2HF3O2/c1-29-21-26-25-20(30-21)24-18(27)13-12-16(11-10-15-7-3-2-4-8-15)23-19(28)17-9-5-6-14-22-17;3-2(4,5)1(6)7/h2-4,7-8,12-13,16-17,22H,5-6,9-11,14H2,1H3,(H,23,28)(H,24,25,27);(H,6,7)/b13-12+;/t16-,17-;/m0./s1. The first-order chi connectivity index (χ1) is 17.6. The van der Waals surface area contributed by atoms with Gasteiger partial charge in [0.05, 0.1) is 6.04 Å². The van der Waals surface area contributed by atoms with Crippen LogP contribution in [0.5, 0.6) is 0 Å². The molecule has 4 N–H and O–H groups in total. The largest absolute Gasteiger partial charge is 0.490 e. The van der Waals surface area contributed by atoms with Crippen molar-refractivity contribution in [2.24, 2.45) is 0 Å². The zero-order valence-electron chi connectivity index (χ0n) is 20.0. The van der Waals surface area contributed by atoms with E-state index in [4.69, 9.17) is 9.90 Å². The molecule has 1 aromatic carbocycles. The van der Waals surface area contributed by atoms with Gasteiger partial charge in [-0.2, -0.15) is 13.2 Å². The average Bonchev–Trinajstić information content (AvgIpc) is 3.34. The minimum atomic E-state index is -5.08. The van der Waals surface area contributed by atoms with Gasteiger partial charge < -0.3 is 15.7 Å². The van der Waals surface area contributed by atoms with E-state index in [-0.39, 0.29) is 23.9 Å². The number of hydrogen-bond acceptors (Lipinski definition) is 8. The number of halogens is 3. The van der Waals surface area contributed by atoms with E-state index in [0.29, 0.717) is 11.6 Å². The Hall–Kier alpha value is -2.97. The Labute approximate surface area is 220 Å². The molecule has 1 aromatic heterocycles. The number of piperidine rings is 1. The fourth-order valence-electron chi connectivity index (χ4n) is 3.24. The molecule has 0 spiro atoms. The van der Waals surface area contributed by atoms with E-state index in [2.05, 4.69) is 38.3 Å². The first kappa shape index (κ1) is 30.3. The molecule has 0 bridgehead atoms. The van der Waals surface area contributed by atoms with Crippen molar-refractivity contribution in [3.05, 3.63) is 48.0 Å². The zero-order valence-corrected chi connectivity index (χ0v) is 21.6. The van der Waals surface area contributed by atoms with Crippen LogP contribution in [0.4, 0.5) is 18.3 Å². The van der Waals surface area contributed by atoms with Crippen LogP contribution < -0.4 is 16.0 Å². The van der Waals surface area contributed by atoms with E-state index in [1.54, 1.807) is 6.08 Å². The van der Waals surface area contributed by atoms with Gasteiger partial charge in [-0.3, -0.25) is 14.9 Å². The molecule has 2 amide bonds. The van der Waals surface area contributed by atoms with Gasteiger partial charge in [0.1, 0.15) is 0 Å². The number of rotatable bonds is 9. The summed E-state index contributed by atoms with van der Waals surface area (Å²) in [6, 6.07) is 9.73. The molecule has 2 atom stereocenters. The molecule has 9 nitrogen and oxygen atoms in total. The molecule has 2 heterocycles. The Morgan fingerprint density at radius 3 is 2.51 bits per heavy atom. The van der Waals surface area contributed by atoms with Crippen LogP contribution in [-0.2, 0) is 20.8 Å². The van der Waals surface area contributed by atoms with Crippen molar-refractivity contribution in [3.63, 3.8) is 0 Å². The van der Waals surface area contributed by atoms with Crippen LogP contribution in [-0.4, -0.2) is 64.1 Å². The molecule has 202 valence electrons. The summed E-state index contributed by atoms with van der Waals surface area (Å²) in [4.78, 5) is 33.8. The highest BCUT2D eigenvalue weighted by Gasteiger charge is 2.38. The van der Waals surface area contributed by atoms with Crippen molar-refractivity contribution >= 4 is 46.0 Å². The maximum atomic E-state index is 12.7. The quantitative estimate of drug-likeness (QED) is 0.208. The predicted octanol–water partition coefficient (Wildman–Crippen LogP) is 3.65. The first-order valence-electron chi connectivity index (χ1n) is 11.3. The molecular weight excluding hydrogens is 531 g/mol. The van der Waals surface area contributed by atoms with Crippen molar-refractivity contribution in [1.82, 2.24) is 20.8 Å². The summed E-state index contributed by atoms with van der Waals surface area (Å²) in [6.45, 7) is 0.866. The van der Waals surface area contributed by atoms with Crippen LogP contribution in [0.15, 0.2) is 46.8 Å². The third-order valence-corrected chi connectivity index (χ3v) is 6.89. The molecule has 14 heteroatoms. The number of aromatic nitrogens is 2. The first-order valence-corrected chi connectivity index (χ1v) is 13.4. The third-order valence-electron chi connectivity index (χ3n) is 5.07. The molecule has 1 aliphatic rings. The SMILES string of the molecule is CSc1nnc(NC(=O)/C=C/[C@H](CCc2ccccc2)NC(=O)[C@@H]2CCCCN2)s1.O=C(O)C(F)(F)F. The summed E-state index contributed by atoms with van der Waals surface area (Å²) in [5.74, 6) is -3.05. The number of nitrogens with zero attached hydrogens (tertiary/aromatic N) is 2. The smallest absolute Gasteiger partial charge is 0.475 e. The molecular formula is C23H28F3N5O4S2. The van der Waals surface area contributed by atoms with E-state index in [1.807, 2.05) is 24.5 Å². The van der Waals surface area contributed by atoms with Crippen LogP contribution in [0, 0.1) is 0 Å². The van der Waals surface area contributed by atoms with Crippen LogP contribution >= 0.6 is 23.1 Å². The van der Waals surface area contributed by atoms with Gasteiger partial charge in [-0.05, 0) is 44.0 Å². The Bertz CT molecular complexity index is 1040. The molecule has 0 radical (unpaired) electrons. The molecule has 1 saturated heterocycles. The highest BCUT2D eigenvalue weighted by Crippen LogP contribution is 2.23. The van der Waals surface area contributed by atoms with Gasteiger partial charge in [-0.25, -0.2) is 4.79 Å². The molecule has 2 aromatic rings. The number of thioether (sulfide) groups is 1. The summed E-state index contributed by atoms with van der Waals surface area (Å²) in [5.41, 5.74) is 1.20. The maximum Gasteiger partial charge on any atom is 0.490 e. The summed E-state index contributed by atoms with van der Waals surface area (Å²) < 4.78 is 32.5. The number of nitrogens with one attached hydrogen (secondary N) is 3. The van der Waals surface area contributed by atoms with Gasteiger partial charge in [-0.15, -0.1) is 10.2 Å². The fraction of sp³-hybridized carbons (Fsp3) is 0.435. The third kappa shape index (κ3) is 11.7. The summed E-state index contributed by atoms with van der Waals surface area (Å²) in [6.07, 6.45) is 4.57. The van der Waals surface area contributed by atoms with E-state index < -0.39 is 12.1 Å². The van der Waals surface area contributed by atoms with Gasteiger partial charge in [0.25, 0.3) is 0 Å². The minimum absolute atomic E-state index is 0.00782. The number of carbonyl (C=O) groups excluding carboxylic acids is 2. The molecule has 0 saturated carbocycles. The number of anilines is 1. The topological polar surface area (TPSA) is 133 Å². The Morgan fingerprint density at radius 1 is 1.24 bits per heavy atom. The number of carboxylic acids is 1. The van der Waals surface area contributed by atoms with Crippen molar-refractivity contribution in [3.8, 4) is 0 Å². The van der Waals surface area contributed by atoms with Crippen LogP contribution in [0.3, 0.4) is 0 Å². The highest BCUT2D eigenvalue weighted by atomic mass is 32.2. The number of hydrogen-bond donors (Lipinski definition) is 4. The number of benzene rings is 1. The number of alkyl halides is 3. The van der Waals surface area contributed by atoms with Gasteiger partial charge in [-0.1, -0.05) is 65.9 Å². The van der Waals surface area contributed by atoms with Gasteiger partial charge in [0, 0.05) is 12.1 Å². The Balaban J connectivity index is 0.000000604. The number of aryl methyl sites for hydroxylation is 1. The second-order valence-electron chi connectivity index (χ2n) is 7.87. The number of amides is 2. The lowest BCUT2D eigenvalue weighted by Crippen LogP contribution is -2.49. The van der Waals surface area contributed by atoms with Crippen molar-refractivity contribution in [1.29, 1.82) is 0 Å². The Morgan fingerprint density at radius 2 is 1.95 bits per heavy atom. The van der Waals surface area contributed by atoms with E-state index in [1.165, 1.54) is 34.7 Å². The van der Waals surface area contributed by atoms with Crippen molar-refractivity contribution < 1.29 is 32.7 Å². The normalized spacial score (nSPS) is 16.4. The second-order valence-corrected chi connectivity index (χ2v) is 9.90. The highest BCUT2D eigenvalue weighted by molar-refractivity contribution is 8.00. The summed E-state index contributed by atoms with van der Waals surface area (Å²) in [5, 5.41) is 24.6. The molecule has 37 heavy (non-hydrogen) atoms. The van der Waals surface area contributed by atoms with Crippen LogP contribution in [0.1, 0.15) is 31.2 Å². The monoisotopic (exact) mass is 559 g/mol. The van der Waals surface area contributed by atoms with Crippen LogP contribution in [0.25, 0.3) is 0 Å².